The molecule has 1 N–H and O–H groups in total. The predicted molar refractivity (Wildman–Crippen MR) is 118 cm³/mol. The number of hydrogen-bond acceptors (Lipinski definition) is 3. The second kappa shape index (κ2) is 16.2. The third-order valence-corrected chi connectivity index (χ3v) is 7.04. The molecule has 0 aliphatic carbocycles. The van der Waals surface area contributed by atoms with Gasteiger partial charge in [0.25, 0.3) is 0 Å². The van der Waals surface area contributed by atoms with E-state index in [9.17, 15) is 5.11 Å². The third-order valence-electron chi connectivity index (χ3n) is 5.75. The van der Waals surface area contributed by atoms with Gasteiger partial charge in [-0.25, -0.2) is 0 Å². The average molecular weight is 450 g/mol. The van der Waals surface area contributed by atoms with Crippen molar-refractivity contribution in [3.05, 3.63) is 0 Å². The lowest BCUT2D eigenvalue weighted by Crippen LogP contribution is -2.48. The van der Waals surface area contributed by atoms with E-state index in [-0.39, 0.29) is 4.83 Å². The second-order valence-electron chi connectivity index (χ2n) is 8.43. The van der Waals surface area contributed by atoms with E-state index in [1.165, 1.54) is 96.3 Å². The molecule has 27 heavy (non-hydrogen) atoms. The van der Waals surface area contributed by atoms with E-state index in [0.29, 0.717) is 13.0 Å². The monoisotopic (exact) mass is 448 g/mol. The van der Waals surface area contributed by atoms with Crippen molar-refractivity contribution in [3.8, 4) is 0 Å². The van der Waals surface area contributed by atoms with Gasteiger partial charge in [-0.1, -0.05) is 119 Å². The minimum Gasteiger partial charge on any atom is -0.368 e. The lowest BCUT2D eigenvalue weighted by Gasteiger charge is -2.39. The van der Waals surface area contributed by atoms with E-state index in [1.807, 2.05) is 6.92 Å². The lowest BCUT2D eigenvalue weighted by molar-refractivity contribution is -0.326. The Hall–Kier alpha value is 0.360. The Bertz CT molecular complexity index is 340. The van der Waals surface area contributed by atoms with Crippen molar-refractivity contribution < 1.29 is 14.6 Å². The standard InChI is InChI=1S/C23H45BrO3/c1-3-4-5-6-7-8-9-10-11-12-13-14-15-16-17-18-21(24)23(2)26-20-19-22(25)27-23/h21-22,25H,3-20H2,1-2H3/t21?,22-,23?/m1/s1. The molecular weight excluding hydrogens is 404 g/mol. The summed E-state index contributed by atoms with van der Waals surface area (Å²) in [6.45, 7) is 4.78. The summed E-state index contributed by atoms with van der Waals surface area (Å²) in [5.74, 6) is -0.687. The average Bonchev–Trinajstić information content (AvgIpc) is 2.64. The van der Waals surface area contributed by atoms with E-state index < -0.39 is 12.1 Å². The van der Waals surface area contributed by atoms with Gasteiger partial charge in [-0.3, -0.25) is 0 Å². The molecule has 3 nitrogen and oxygen atoms in total. The second-order valence-corrected chi connectivity index (χ2v) is 9.54. The molecule has 1 saturated heterocycles. The number of ether oxygens (including phenoxy) is 2. The molecule has 0 spiro atoms. The van der Waals surface area contributed by atoms with Crippen molar-refractivity contribution in [2.75, 3.05) is 6.61 Å². The zero-order valence-electron chi connectivity index (χ0n) is 18.0. The van der Waals surface area contributed by atoms with Crippen molar-refractivity contribution in [3.63, 3.8) is 0 Å². The quantitative estimate of drug-likeness (QED) is 0.185. The van der Waals surface area contributed by atoms with Crippen LogP contribution in [0.5, 0.6) is 0 Å². The van der Waals surface area contributed by atoms with Crippen LogP contribution in [0, 0.1) is 0 Å². The maximum absolute atomic E-state index is 9.67. The molecule has 1 aliphatic heterocycles. The van der Waals surface area contributed by atoms with Crippen LogP contribution in [0.3, 0.4) is 0 Å². The Labute approximate surface area is 177 Å². The van der Waals surface area contributed by atoms with Crippen molar-refractivity contribution in [1.82, 2.24) is 0 Å². The van der Waals surface area contributed by atoms with E-state index >= 15 is 0 Å². The molecule has 3 atom stereocenters. The fraction of sp³-hybridized carbons (Fsp3) is 1.00. The van der Waals surface area contributed by atoms with Gasteiger partial charge in [0.05, 0.1) is 11.4 Å². The van der Waals surface area contributed by atoms with Crippen LogP contribution >= 0.6 is 15.9 Å². The molecule has 1 rings (SSSR count). The summed E-state index contributed by atoms with van der Waals surface area (Å²) in [4.78, 5) is 0.141. The van der Waals surface area contributed by atoms with Gasteiger partial charge in [0.15, 0.2) is 12.1 Å². The summed E-state index contributed by atoms with van der Waals surface area (Å²) >= 11 is 3.70. The van der Waals surface area contributed by atoms with Crippen LogP contribution in [-0.4, -0.2) is 28.6 Å². The Balaban J connectivity index is 1.84. The van der Waals surface area contributed by atoms with Gasteiger partial charge in [-0.15, -0.1) is 0 Å². The SMILES string of the molecule is CCCCCCCCCCCCCCCCCC(Br)C1(C)OCC[C@H](O)O1. The van der Waals surface area contributed by atoms with E-state index in [2.05, 4.69) is 22.9 Å². The smallest absolute Gasteiger partial charge is 0.181 e. The summed E-state index contributed by atoms with van der Waals surface area (Å²) in [6, 6.07) is 0. The van der Waals surface area contributed by atoms with Gasteiger partial charge in [-0.05, 0) is 13.3 Å². The molecule has 0 aromatic carbocycles. The zero-order valence-corrected chi connectivity index (χ0v) is 19.6. The molecule has 1 heterocycles. The van der Waals surface area contributed by atoms with Gasteiger partial charge in [0.2, 0.25) is 0 Å². The Kier molecular flexibility index (Phi) is 15.2. The molecule has 0 aromatic heterocycles. The zero-order chi connectivity index (χ0) is 19.8. The molecule has 0 bridgehead atoms. The van der Waals surface area contributed by atoms with Gasteiger partial charge < -0.3 is 14.6 Å². The molecular formula is C23H45BrO3. The number of rotatable bonds is 17. The summed E-state index contributed by atoms with van der Waals surface area (Å²) < 4.78 is 11.3. The number of aliphatic hydroxyl groups is 1. The predicted octanol–water partition coefficient (Wildman–Crippen LogP) is 7.48. The van der Waals surface area contributed by atoms with Crippen LogP contribution in [0.4, 0.5) is 0 Å². The minimum atomic E-state index is -0.690. The normalized spacial score (nSPS) is 24.2. The van der Waals surface area contributed by atoms with Crippen LogP contribution in [0.25, 0.3) is 0 Å². The number of halogens is 1. The summed E-state index contributed by atoms with van der Waals surface area (Å²) in [5, 5.41) is 9.67. The van der Waals surface area contributed by atoms with Gasteiger partial charge in [-0.2, -0.15) is 0 Å². The number of aliphatic hydroxyl groups excluding tert-OH is 1. The number of unbranched alkanes of at least 4 members (excludes halogenated alkanes) is 14. The number of hydrogen-bond donors (Lipinski definition) is 1. The van der Waals surface area contributed by atoms with Crippen molar-refractivity contribution in [2.24, 2.45) is 0 Å². The Morgan fingerprint density at radius 2 is 1.30 bits per heavy atom. The van der Waals surface area contributed by atoms with E-state index in [1.54, 1.807) is 0 Å². The fourth-order valence-corrected chi connectivity index (χ4v) is 4.41. The maximum atomic E-state index is 9.67. The molecule has 0 radical (unpaired) electrons. The van der Waals surface area contributed by atoms with Gasteiger partial charge in [0, 0.05) is 6.42 Å². The van der Waals surface area contributed by atoms with Crippen LogP contribution in [0.15, 0.2) is 0 Å². The van der Waals surface area contributed by atoms with Crippen LogP contribution < -0.4 is 0 Å². The topological polar surface area (TPSA) is 38.7 Å². The largest absolute Gasteiger partial charge is 0.368 e. The first kappa shape index (κ1) is 25.4. The van der Waals surface area contributed by atoms with Crippen LogP contribution in [0.2, 0.25) is 0 Å². The highest BCUT2D eigenvalue weighted by atomic mass is 79.9. The molecule has 4 heteroatoms. The Morgan fingerprint density at radius 1 is 0.852 bits per heavy atom. The highest BCUT2D eigenvalue weighted by molar-refractivity contribution is 9.09. The molecule has 162 valence electrons. The molecule has 0 aromatic rings. The molecule has 1 aliphatic rings. The fourth-order valence-electron chi connectivity index (χ4n) is 3.85. The van der Waals surface area contributed by atoms with Gasteiger partial charge in [0.1, 0.15) is 0 Å². The Morgan fingerprint density at radius 3 is 1.74 bits per heavy atom. The molecule has 0 amide bonds. The van der Waals surface area contributed by atoms with Crippen LogP contribution in [0.1, 0.15) is 123 Å². The van der Waals surface area contributed by atoms with Crippen LogP contribution in [-0.2, 0) is 9.47 Å². The number of alkyl halides is 1. The van der Waals surface area contributed by atoms with Crippen molar-refractivity contribution in [1.29, 1.82) is 0 Å². The molecule has 0 saturated carbocycles. The van der Waals surface area contributed by atoms with Crippen molar-refractivity contribution >= 4 is 15.9 Å². The lowest BCUT2D eigenvalue weighted by atomic mass is 10.0. The summed E-state index contributed by atoms with van der Waals surface area (Å²) in [6.07, 6.45) is 21.7. The minimum absolute atomic E-state index is 0.141. The highest BCUT2D eigenvalue weighted by Crippen LogP contribution is 2.32. The van der Waals surface area contributed by atoms with Crippen molar-refractivity contribution in [2.45, 2.75) is 140 Å². The molecule has 1 fully saturated rings. The maximum Gasteiger partial charge on any atom is 0.181 e. The first-order chi connectivity index (χ1) is 13.1. The van der Waals surface area contributed by atoms with E-state index in [4.69, 9.17) is 9.47 Å². The summed E-state index contributed by atoms with van der Waals surface area (Å²) in [5.41, 5.74) is 0. The van der Waals surface area contributed by atoms with Gasteiger partial charge >= 0.3 is 0 Å². The van der Waals surface area contributed by atoms with E-state index in [0.717, 1.165) is 6.42 Å². The molecule has 2 unspecified atom stereocenters. The highest BCUT2D eigenvalue weighted by Gasteiger charge is 2.39. The first-order valence-electron chi connectivity index (χ1n) is 11.7. The third kappa shape index (κ3) is 12.5. The summed E-state index contributed by atoms with van der Waals surface area (Å²) in [7, 11) is 0. The first-order valence-corrected chi connectivity index (χ1v) is 12.6.